The third-order valence-corrected chi connectivity index (χ3v) is 4.16. The van der Waals surface area contributed by atoms with Crippen molar-refractivity contribution >= 4 is 5.97 Å². The van der Waals surface area contributed by atoms with E-state index in [2.05, 4.69) is 12.2 Å². The van der Waals surface area contributed by atoms with Crippen LogP contribution in [0, 0.1) is 23.2 Å². The Morgan fingerprint density at radius 3 is 2.81 bits per heavy atom. The molecule has 2 heterocycles. The minimum Gasteiger partial charge on any atom is -0.461 e. The third-order valence-electron chi connectivity index (χ3n) is 4.16. The van der Waals surface area contributed by atoms with Gasteiger partial charge in [0.05, 0.1) is 18.6 Å². The second kappa shape index (κ2) is 3.33. The highest BCUT2D eigenvalue weighted by atomic mass is 16.6. The molecule has 0 aromatic rings. The molecule has 4 atom stereocenters. The van der Waals surface area contributed by atoms with Crippen LogP contribution in [0.2, 0.25) is 0 Å². The van der Waals surface area contributed by atoms with E-state index in [4.69, 9.17) is 9.47 Å². The lowest BCUT2D eigenvalue weighted by Crippen LogP contribution is -2.48. The molecule has 2 saturated heterocycles. The molecule has 3 nitrogen and oxygen atoms in total. The maximum atomic E-state index is 11.9. The van der Waals surface area contributed by atoms with E-state index in [1.807, 2.05) is 13.8 Å². The summed E-state index contributed by atoms with van der Waals surface area (Å²) in [4.78, 5) is 11.9. The van der Waals surface area contributed by atoms with Crippen molar-refractivity contribution in [1.29, 1.82) is 0 Å². The Morgan fingerprint density at radius 2 is 2.00 bits per heavy atom. The fourth-order valence-electron chi connectivity index (χ4n) is 3.15. The molecule has 1 aliphatic carbocycles. The second-order valence-corrected chi connectivity index (χ2v) is 5.87. The maximum absolute atomic E-state index is 11.9. The molecule has 4 unspecified atom stereocenters. The Labute approximate surface area is 95.8 Å². The average molecular weight is 222 g/mol. The molecule has 3 heteroatoms. The molecule has 3 aliphatic rings. The van der Waals surface area contributed by atoms with Gasteiger partial charge in [-0.15, -0.1) is 0 Å². The van der Waals surface area contributed by atoms with E-state index < -0.39 is 0 Å². The van der Waals surface area contributed by atoms with Gasteiger partial charge in [-0.2, -0.15) is 0 Å². The molecule has 2 fully saturated rings. The van der Waals surface area contributed by atoms with E-state index in [1.54, 1.807) is 0 Å². The second-order valence-electron chi connectivity index (χ2n) is 5.87. The summed E-state index contributed by atoms with van der Waals surface area (Å²) in [6.45, 7) is 5.46. The molecule has 0 saturated carbocycles. The minimum atomic E-state index is -0.336. The molecule has 0 radical (unpaired) electrons. The number of carbonyl (C=O) groups is 1. The smallest absolute Gasteiger partial charge is 0.311 e. The van der Waals surface area contributed by atoms with E-state index >= 15 is 0 Å². The average Bonchev–Trinajstić information content (AvgIpc) is 2.67. The molecule has 3 rings (SSSR count). The molecular formula is C13H18O3. The zero-order chi connectivity index (χ0) is 11.3. The van der Waals surface area contributed by atoms with Crippen LogP contribution >= 0.6 is 0 Å². The van der Waals surface area contributed by atoms with Crippen molar-refractivity contribution < 1.29 is 14.3 Å². The number of hydrogen-bond donors (Lipinski definition) is 0. The van der Waals surface area contributed by atoms with Crippen LogP contribution in [0.3, 0.4) is 0 Å². The van der Waals surface area contributed by atoms with Crippen LogP contribution in [0.4, 0.5) is 0 Å². The topological polar surface area (TPSA) is 35.5 Å². The van der Waals surface area contributed by atoms with Crippen LogP contribution in [0.15, 0.2) is 12.2 Å². The third kappa shape index (κ3) is 1.41. The Morgan fingerprint density at radius 1 is 1.25 bits per heavy atom. The van der Waals surface area contributed by atoms with E-state index in [0.717, 1.165) is 19.6 Å². The molecule has 0 aromatic heterocycles. The summed E-state index contributed by atoms with van der Waals surface area (Å²) >= 11 is 0. The summed E-state index contributed by atoms with van der Waals surface area (Å²) < 4.78 is 11.1. The van der Waals surface area contributed by atoms with Crippen LogP contribution in [-0.4, -0.2) is 25.3 Å². The number of ether oxygens (including phenoxy) is 2. The van der Waals surface area contributed by atoms with Gasteiger partial charge < -0.3 is 9.47 Å². The van der Waals surface area contributed by atoms with Crippen molar-refractivity contribution in [3.05, 3.63) is 12.2 Å². The Bertz CT molecular complexity index is 345. The first kappa shape index (κ1) is 10.3. The summed E-state index contributed by atoms with van der Waals surface area (Å²) in [7, 11) is 0. The standard InChI is InChI=1S/C13H18O3/c1-13(2)5-8-3-4-9-6-15-7-10(9)11(8)16-12(13)14/h3-4,8-11H,5-7H2,1-2H3. The fraction of sp³-hybridized carbons (Fsp3) is 0.769. The predicted octanol–water partition coefficient (Wildman–Crippen LogP) is 1.78. The van der Waals surface area contributed by atoms with Gasteiger partial charge in [-0.25, -0.2) is 0 Å². The van der Waals surface area contributed by atoms with Crippen molar-refractivity contribution in [3.8, 4) is 0 Å². The zero-order valence-electron chi connectivity index (χ0n) is 9.81. The van der Waals surface area contributed by atoms with E-state index in [-0.39, 0.29) is 17.5 Å². The molecule has 2 aliphatic heterocycles. The van der Waals surface area contributed by atoms with Crippen LogP contribution < -0.4 is 0 Å². The first-order valence-electron chi connectivity index (χ1n) is 6.05. The number of esters is 1. The maximum Gasteiger partial charge on any atom is 0.311 e. The van der Waals surface area contributed by atoms with Crippen LogP contribution in [0.1, 0.15) is 20.3 Å². The Hall–Kier alpha value is -0.830. The zero-order valence-corrected chi connectivity index (χ0v) is 9.81. The van der Waals surface area contributed by atoms with Crippen molar-refractivity contribution in [3.63, 3.8) is 0 Å². The normalized spacial score (nSPS) is 44.8. The summed E-state index contributed by atoms with van der Waals surface area (Å²) in [6, 6.07) is 0. The van der Waals surface area contributed by atoms with Gasteiger partial charge in [0.25, 0.3) is 0 Å². The summed E-state index contributed by atoms with van der Waals surface area (Å²) in [5.74, 6) is 1.18. The number of carbonyl (C=O) groups excluding carboxylic acids is 1. The first-order chi connectivity index (χ1) is 7.58. The van der Waals surface area contributed by atoms with Crippen LogP contribution in [0.25, 0.3) is 0 Å². The van der Waals surface area contributed by atoms with Gasteiger partial charge in [0.15, 0.2) is 0 Å². The van der Waals surface area contributed by atoms with E-state index in [9.17, 15) is 4.79 Å². The summed E-state index contributed by atoms with van der Waals surface area (Å²) in [5.41, 5.74) is -0.336. The Kier molecular flexibility index (Phi) is 2.15. The SMILES string of the molecule is CC1(C)CC2C=CC3COCC3C2OC1=O. The highest BCUT2D eigenvalue weighted by Crippen LogP contribution is 2.44. The van der Waals surface area contributed by atoms with Gasteiger partial charge in [0.1, 0.15) is 6.10 Å². The van der Waals surface area contributed by atoms with Crippen molar-refractivity contribution in [1.82, 2.24) is 0 Å². The lowest BCUT2D eigenvalue weighted by atomic mass is 9.70. The first-order valence-corrected chi connectivity index (χ1v) is 6.05. The van der Waals surface area contributed by atoms with Gasteiger partial charge in [-0.1, -0.05) is 12.2 Å². The molecule has 0 aromatic carbocycles. The van der Waals surface area contributed by atoms with Crippen LogP contribution in [0.5, 0.6) is 0 Å². The lowest BCUT2D eigenvalue weighted by molar-refractivity contribution is -0.177. The largest absolute Gasteiger partial charge is 0.461 e. The van der Waals surface area contributed by atoms with Gasteiger partial charge >= 0.3 is 5.97 Å². The molecule has 0 spiro atoms. The van der Waals surface area contributed by atoms with Crippen LogP contribution in [-0.2, 0) is 14.3 Å². The molecule has 0 amide bonds. The highest BCUT2D eigenvalue weighted by molar-refractivity contribution is 5.77. The van der Waals surface area contributed by atoms with E-state index in [0.29, 0.717) is 17.8 Å². The predicted molar refractivity (Wildman–Crippen MR) is 58.7 cm³/mol. The number of hydrogen-bond acceptors (Lipinski definition) is 3. The molecule has 0 bridgehead atoms. The highest BCUT2D eigenvalue weighted by Gasteiger charge is 2.49. The van der Waals surface area contributed by atoms with Gasteiger partial charge in [0, 0.05) is 17.8 Å². The molecule has 0 N–H and O–H groups in total. The monoisotopic (exact) mass is 222 g/mol. The fourth-order valence-corrected chi connectivity index (χ4v) is 3.15. The summed E-state index contributed by atoms with van der Waals surface area (Å²) in [6.07, 6.45) is 5.44. The van der Waals surface area contributed by atoms with E-state index in [1.165, 1.54) is 0 Å². The van der Waals surface area contributed by atoms with Crippen molar-refractivity contribution in [2.24, 2.45) is 23.2 Å². The van der Waals surface area contributed by atoms with Gasteiger partial charge in [-0.3, -0.25) is 4.79 Å². The summed E-state index contributed by atoms with van der Waals surface area (Å²) in [5, 5.41) is 0. The van der Waals surface area contributed by atoms with Crippen molar-refractivity contribution in [2.75, 3.05) is 13.2 Å². The van der Waals surface area contributed by atoms with Gasteiger partial charge in [0.2, 0.25) is 0 Å². The van der Waals surface area contributed by atoms with Gasteiger partial charge in [-0.05, 0) is 20.3 Å². The molecule has 88 valence electrons. The Balaban J connectivity index is 1.88. The number of rotatable bonds is 0. The molecule has 16 heavy (non-hydrogen) atoms. The molecular weight excluding hydrogens is 204 g/mol. The lowest BCUT2D eigenvalue weighted by Gasteiger charge is -2.43. The minimum absolute atomic E-state index is 0.0466. The van der Waals surface area contributed by atoms with Crippen molar-refractivity contribution in [2.45, 2.75) is 26.4 Å². The number of fused-ring (bicyclic) bond motifs is 3. The quantitative estimate of drug-likeness (QED) is 0.463.